The second-order valence-corrected chi connectivity index (χ2v) is 10.8. The van der Waals surface area contributed by atoms with E-state index in [0.29, 0.717) is 6.42 Å². The smallest absolute Gasteiger partial charge is 0.335 e. The zero-order valence-electron chi connectivity index (χ0n) is 21.7. The number of allylic oxidation sites excluding steroid dienone is 3. The van der Waals surface area contributed by atoms with E-state index < -0.39 is 80.1 Å². The number of hydrogen-bond donors (Lipinski definition) is 7. The van der Waals surface area contributed by atoms with Gasteiger partial charge in [-0.3, -0.25) is 4.79 Å². The molecule has 7 N–H and O–H groups in total. The van der Waals surface area contributed by atoms with E-state index in [9.17, 15) is 45.3 Å². The van der Waals surface area contributed by atoms with Crippen LogP contribution in [0.3, 0.4) is 0 Å². The van der Waals surface area contributed by atoms with Crippen LogP contribution in [0.4, 0.5) is 0 Å². The van der Waals surface area contributed by atoms with Gasteiger partial charge in [0, 0.05) is 12.3 Å². The Labute approximate surface area is 219 Å². The molecular formula is C25H38O13. The number of carbonyl (C=O) groups excluding carboxylic acids is 1. The summed E-state index contributed by atoms with van der Waals surface area (Å²) in [5.74, 6) is -1.58. The van der Waals surface area contributed by atoms with E-state index in [0.717, 1.165) is 5.57 Å². The third-order valence-electron chi connectivity index (χ3n) is 7.20. The number of carbonyl (C=O) groups is 2. The molecule has 0 spiro atoms. The van der Waals surface area contributed by atoms with Crippen molar-refractivity contribution >= 4 is 11.8 Å². The maximum absolute atomic E-state index is 11.9. The van der Waals surface area contributed by atoms with Gasteiger partial charge in [-0.2, -0.15) is 0 Å². The van der Waals surface area contributed by atoms with Crippen molar-refractivity contribution in [3.8, 4) is 0 Å². The summed E-state index contributed by atoms with van der Waals surface area (Å²) in [6, 6.07) is 0. The molecule has 0 aromatic rings. The van der Waals surface area contributed by atoms with Gasteiger partial charge in [-0.25, -0.2) is 4.79 Å². The van der Waals surface area contributed by atoms with E-state index in [4.69, 9.17) is 18.9 Å². The van der Waals surface area contributed by atoms with Crippen molar-refractivity contribution in [2.75, 3.05) is 6.61 Å². The number of rotatable bonds is 8. The number of aliphatic hydroxyl groups excluding tert-OH is 6. The first kappa shape index (κ1) is 30.8. The molecule has 2 saturated heterocycles. The molecule has 2 fully saturated rings. The Morgan fingerprint density at radius 2 is 1.71 bits per heavy atom. The highest BCUT2D eigenvalue weighted by molar-refractivity contribution is 5.92. The number of hydrogen-bond acceptors (Lipinski definition) is 12. The fourth-order valence-corrected chi connectivity index (χ4v) is 5.16. The lowest BCUT2D eigenvalue weighted by molar-refractivity contribution is -0.357. The van der Waals surface area contributed by atoms with E-state index in [1.807, 2.05) is 26.8 Å². The minimum atomic E-state index is -1.94. The molecule has 38 heavy (non-hydrogen) atoms. The average Bonchev–Trinajstić information content (AvgIpc) is 2.82. The van der Waals surface area contributed by atoms with E-state index in [2.05, 4.69) is 0 Å². The van der Waals surface area contributed by atoms with Gasteiger partial charge in [0.05, 0.1) is 12.7 Å². The van der Waals surface area contributed by atoms with E-state index in [1.165, 1.54) is 0 Å². The highest BCUT2D eigenvalue weighted by atomic mass is 16.7. The average molecular weight is 547 g/mol. The SMILES string of the molecule is CC1=CC(=O)CC(C)(C)C1/C=C/C(C)O[C@@H]1O[C@H](CO)[C@@H](O[C@@H]2O[C@H](C(=O)O)[C@@H](O)[C@H](O)[C@H]2O)[C@H](O)[C@H]1O. The van der Waals surface area contributed by atoms with Crippen molar-refractivity contribution < 1.29 is 64.3 Å². The first-order valence-electron chi connectivity index (χ1n) is 12.4. The quantitative estimate of drug-likeness (QED) is 0.168. The van der Waals surface area contributed by atoms with Crippen LogP contribution in [0.5, 0.6) is 0 Å². The molecule has 3 aliphatic rings. The zero-order valence-corrected chi connectivity index (χ0v) is 21.7. The second kappa shape index (κ2) is 12.2. The standard InChI is InChI=1S/C25H38O13/c1-10-7-12(27)8-25(3,4)13(10)6-5-11(2)35-23-19(32)17(30)20(14(9-26)36-23)37-24-18(31)15(28)16(29)21(38-24)22(33)34/h5-7,11,13-21,23-24,26,28-32H,8-9H2,1-4H3,(H,33,34)/b6-5+/t11?,13?,14-,15+,16+,17-,18-,19-,20-,21+,23-,24-/m1/s1. The molecule has 13 nitrogen and oxygen atoms in total. The molecule has 2 heterocycles. The maximum atomic E-state index is 11.9. The van der Waals surface area contributed by atoms with Crippen molar-refractivity contribution in [1.82, 2.24) is 0 Å². The van der Waals surface area contributed by atoms with Crippen LogP contribution in [0.2, 0.25) is 0 Å². The zero-order chi connectivity index (χ0) is 28.5. The van der Waals surface area contributed by atoms with Crippen LogP contribution in [0.25, 0.3) is 0 Å². The summed E-state index contributed by atoms with van der Waals surface area (Å²) in [7, 11) is 0. The molecule has 216 valence electrons. The minimum absolute atomic E-state index is 0.0255. The van der Waals surface area contributed by atoms with Crippen LogP contribution in [0, 0.1) is 11.3 Å². The van der Waals surface area contributed by atoms with Crippen molar-refractivity contribution in [3.05, 3.63) is 23.8 Å². The summed E-state index contributed by atoms with van der Waals surface area (Å²) < 4.78 is 21.9. The van der Waals surface area contributed by atoms with Crippen molar-refractivity contribution in [3.63, 3.8) is 0 Å². The van der Waals surface area contributed by atoms with Gasteiger partial charge in [0.25, 0.3) is 0 Å². The van der Waals surface area contributed by atoms with Gasteiger partial charge in [-0.1, -0.05) is 31.6 Å². The van der Waals surface area contributed by atoms with Crippen LogP contribution < -0.4 is 0 Å². The second-order valence-electron chi connectivity index (χ2n) is 10.8. The predicted molar refractivity (Wildman–Crippen MR) is 127 cm³/mol. The Kier molecular flexibility index (Phi) is 9.85. The molecule has 1 aliphatic carbocycles. The Morgan fingerprint density at radius 1 is 1.08 bits per heavy atom. The minimum Gasteiger partial charge on any atom is -0.479 e. The Balaban J connectivity index is 1.67. The summed E-state index contributed by atoms with van der Waals surface area (Å²) in [6.45, 7) is 6.82. The summed E-state index contributed by atoms with van der Waals surface area (Å²) >= 11 is 0. The fraction of sp³-hybridized carbons (Fsp3) is 0.760. The van der Waals surface area contributed by atoms with Gasteiger partial charge in [0.1, 0.15) is 42.7 Å². The lowest BCUT2D eigenvalue weighted by atomic mass is 9.68. The van der Waals surface area contributed by atoms with Crippen LogP contribution in [0.1, 0.15) is 34.1 Å². The van der Waals surface area contributed by atoms with Crippen LogP contribution in [0.15, 0.2) is 23.8 Å². The highest BCUT2D eigenvalue weighted by Crippen LogP contribution is 2.40. The van der Waals surface area contributed by atoms with Crippen molar-refractivity contribution in [1.29, 1.82) is 0 Å². The summed E-state index contributed by atoms with van der Waals surface area (Å²) in [5, 5.41) is 70.4. The van der Waals surface area contributed by atoms with Gasteiger partial charge < -0.3 is 54.7 Å². The number of carboxylic acids is 1. The molecule has 12 atom stereocenters. The number of aliphatic carboxylic acids is 1. The fourth-order valence-electron chi connectivity index (χ4n) is 5.16. The largest absolute Gasteiger partial charge is 0.479 e. The molecule has 0 aromatic carbocycles. The maximum Gasteiger partial charge on any atom is 0.335 e. The number of ketones is 1. The van der Waals surface area contributed by atoms with E-state index in [-0.39, 0.29) is 17.1 Å². The first-order chi connectivity index (χ1) is 17.7. The normalized spacial score (nSPS) is 42.6. The number of aliphatic hydroxyl groups is 6. The van der Waals surface area contributed by atoms with E-state index in [1.54, 1.807) is 19.1 Å². The summed E-state index contributed by atoms with van der Waals surface area (Å²) in [5.41, 5.74) is 0.611. The third kappa shape index (κ3) is 6.50. The van der Waals surface area contributed by atoms with Crippen LogP contribution in [-0.4, -0.2) is 122 Å². The van der Waals surface area contributed by atoms with Crippen LogP contribution >= 0.6 is 0 Å². The molecule has 2 unspecified atom stereocenters. The highest BCUT2D eigenvalue weighted by Gasteiger charge is 2.52. The monoisotopic (exact) mass is 546 g/mol. The molecule has 13 heteroatoms. The lowest BCUT2D eigenvalue weighted by Gasteiger charge is -2.45. The van der Waals surface area contributed by atoms with Crippen LogP contribution in [-0.2, 0) is 28.5 Å². The van der Waals surface area contributed by atoms with Gasteiger partial charge in [0.15, 0.2) is 24.5 Å². The van der Waals surface area contributed by atoms with Crippen molar-refractivity contribution in [2.45, 2.75) is 102 Å². The van der Waals surface area contributed by atoms with Gasteiger partial charge in [-0.05, 0) is 25.3 Å². The molecule has 0 aromatic heterocycles. The van der Waals surface area contributed by atoms with Gasteiger partial charge in [-0.15, -0.1) is 0 Å². The lowest BCUT2D eigenvalue weighted by Crippen LogP contribution is -2.65. The Morgan fingerprint density at radius 3 is 2.29 bits per heavy atom. The van der Waals surface area contributed by atoms with Crippen molar-refractivity contribution in [2.24, 2.45) is 11.3 Å². The molecule has 3 rings (SSSR count). The molecule has 0 radical (unpaired) electrons. The summed E-state index contributed by atoms with van der Waals surface area (Å²) in [4.78, 5) is 23.2. The van der Waals surface area contributed by atoms with Gasteiger partial charge in [0.2, 0.25) is 0 Å². The topological polar surface area (TPSA) is 213 Å². The summed E-state index contributed by atoms with van der Waals surface area (Å²) in [6.07, 6.45) is -12.1. The Bertz CT molecular complexity index is 915. The molecule has 2 aliphatic heterocycles. The predicted octanol–water partition coefficient (Wildman–Crippen LogP) is -1.77. The molecule has 0 amide bonds. The first-order valence-corrected chi connectivity index (χ1v) is 12.4. The number of carboxylic acid groups (broad SMARTS) is 1. The molecular weight excluding hydrogens is 508 g/mol. The third-order valence-corrected chi connectivity index (χ3v) is 7.20. The van der Waals surface area contributed by atoms with Gasteiger partial charge >= 0.3 is 5.97 Å². The van der Waals surface area contributed by atoms with E-state index >= 15 is 0 Å². The number of ether oxygens (including phenoxy) is 4. The molecule has 0 saturated carbocycles. The molecule has 0 bridgehead atoms. The Hall–Kier alpha value is -1.78.